The van der Waals surface area contributed by atoms with E-state index in [0.29, 0.717) is 25.0 Å². The fourth-order valence-electron chi connectivity index (χ4n) is 3.45. The van der Waals surface area contributed by atoms with Gasteiger partial charge >= 0.3 is 6.18 Å². The van der Waals surface area contributed by atoms with Gasteiger partial charge in [-0.05, 0) is 30.3 Å². The highest BCUT2D eigenvalue weighted by molar-refractivity contribution is 7.92. The summed E-state index contributed by atoms with van der Waals surface area (Å²) in [5.41, 5.74) is -2.23. The smallest absolute Gasteiger partial charge is 0.354 e. The minimum Gasteiger partial charge on any atom is -0.354 e. The number of rotatable bonds is 5. The number of alkyl halides is 3. The lowest BCUT2D eigenvalue weighted by molar-refractivity contribution is -0.137. The third kappa shape index (κ3) is 5.95. The van der Waals surface area contributed by atoms with Crippen LogP contribution in [0.15, 0.2) is 53.6 Å². The molecule has 7 nitrogen and oxygen atoms in total. The Morgan fingerprint density at radius 1 is 1.00 bits per heavy atom. The van der Waals surface area contributed by atoms with Crippen LogP contribution in [0.5, 0.6) is 0 Å². The third-order valence-corrected chi connectivity index (χ3v) is 6.71. The molecule has 0 amide bonds. The molecule has 1 aromatic carbocycles. The first-order valence-electron chi connectivity index (χ1n) is 10.0. The first-order chi connectivity index (χ1) is 16.1. The molecular formula is C21H19Cl2F4N5O2S. The van der Waals surface area contributed by atoms with Crippen molar-refractivity contribution in [1.82, 2.24) is 15.3 Å². The van der Waals surface area contributed by atoms with E-state index >= 15 is 0 Å². The molecule has 0 atom stereocenters. The predicted molar refractivity (Wildman–Crippen MR) is 127 cm³/mol. The first-order valence-corrected chi connectivity index (χ1v) is 11.9. The van der Waals surface area contributed by atoms with Crippen molar-refractivity contribution in [3.8, 4) is 11.3 Å². The maximum Gasteiger partial charge on any atom is 0.418 e. The maximum atomic E-state index is 13.9. The summed E-state index contributed by atoms with van der Waals surface area (Å²) in [6.45, 7) is 2.72. The molecule has 1 saturated heterocycles. The number of pyridine rings is 2. The number of anilines is 2. The summed E-state index contributed by atoms with van der Waals surface area (Å²) in [6.07, 6.45) is -4.84. The molecule has 0 aliphatic carbocycles. The molecule has 0 spiro atoms. The quantitative estimate of drug-likeness (QED) is 0.451. The number of piperazine rings is 1. The van der Waals surface area contributed by atoms with Gasteiger partial charge in [0.1, 0.15) is 17.5 Å². The average Bonchev–Trinajstić information content (AvgIpc) is 2.80. The Kier molecular flexibility index (Phi) is 8.10. The third-order valence-electron chi connectivity index (χ3n) is 5.07. The second kappa shape index (κ2) is 10.5. The molecule has 0 radical (unpaired) electrons. The van der Waals surface area contributed by atoms with Crippen molar-refractivity contribution >= 4 is 45.7 Å². The summed E-state index contributed by atoms with van der Waals surface area (Å²) < 4.78 is 82.7. The van der Waals surface area contributed by atoms with E-state index in [9.17, 15) is 26.0 Å². The summed E-state index contributed by atoms with van der Waals surface area (Å²) in [5, 5.41) is 2.29. The Balaban J connectivity index is 0.00000342. The van der Waals surface area contributed by atoms with Gasteiger partial charge in [0.25, 0.3) is 10.0 Å². The summed E-state index contributed by atoms with van der Waals surface area (Å²) >= 11 is 5.88. The maximum absolute atomic E-state index is 13.9. The van der Waals surface area contributed by atoms with Crippen molar-refractivity contribution in [2.75, 3.05) is 35.8 Å². The molecule has 2 N–H and O–H groups in total. The van der Waals surface area contributed by atoms with Crippen molar-refractivity contribution in [2.45, 2.75) is 11.2 Å². The van der Waals surface area contributed by atoms with Crippen LogP contribution >= 0.6 is 24.0 Å². The van der Waals surface area contributed by atoms with Gasteiger partial charge in [0.05, 0.1) is 16.3 Å². The van der Waals surface area contributed by atoms with E-state index in [0.717, 1.165) is 25.2 Å². The number of sulfonamides is 1. The van der Waals surface area contributed by atoms with Crippen molar-refractivity contribution < 1.29 is 26.0 Å². The average molecular weight is 552 g/mol. The van der Waals surface area contributed by atoms with E-state index in [2.05, 4.69) is 20.0 Å². The Morgan fingerprint density at radius 2 is 1.69 bits per heavy atom. The van der Waals surface area contributed by atoms with Crippen LogP contribution < -0.4 is 14.9 Å². The number of nitrogens with one attached hydrogen (secondary N) is 2. The largest absolute Gasteiger partial charge is 0.418 e. The molecule has 1 aliphatic rings. The Bertz CT molecular complexity index is 1320. The van der Waals surface area contributed by atoms with E-state index in [1.807, 2.05) is 4.90 Å². The van der Waals surface area contributed by atoms with E-state index in [1.165, 1.54) is 24.3 Å². The number of benzene rings is 1. The second-order valence-electron chi connectivity index (χ2n) is 7.37. The zero-order valence-electron chi connectivity index (χ0n) is 17.8. The lowest BCUT2D eigenvalue weighted by atomic mass is 10.0. The molecular weight excluding hydrogens is 533 g/mol. The van der Waals surface area contributed by atoms with Crippen LogP contribution in [0.1, 0.15) is 5.56 Å². The Morgan fingerprint density at radius 3 is 2.37 bits per heavy atom. The van der Waals surface area contributed by atoms with Gasteiger partial charge in [0, 0.05) is 31.7 Å². The SMILES string of the molecule is Cl.O=S(=O)(Nc1ccc(C(F)(F)F)c(-c2cccc(F)c2Cl)n1)c1cccc(N2CCNCC2)n1. The molecule has 0 saturated carbocycles. The van der Waals surface area contributed by atoms with Crippen LogP contribution in [0.25, 0.3) is 11.3 Å². The molecule has 188 valence electrons. The molecule has 4 rings (SSSR count). The van der Waals surface area contributed by atoms with Gasteiger partial charge < -0.3 is 10.2 Å². The highest BCUT2D eigenvalue weighted by Gasteiger charge is 2.35. The molecule has 1 fully saturated rings. The van der Waals surface area contributed by atoms with Gasteiger partial charge in [-0.3, -0.25) is 4.72 Å². The van der Waals surface area contributed by atoms with Crippen LogP contribution in [-0.2, 0) is 16.2 Å². The van der Waals surface area contributed by atoms with E-state index in [1.54, 1.807) is 6.07 Å². The minimum atomic E-state index is -4.84. The highest BCUT2D eigenvalue weighted by atomic mass is 35.5. The first kappa shape index (κ1) is 26.9. The monoisotopic (exact) mass is 551 g/mol. The molecule has 3 heterocycles. The number of hydrogen-bond acceptors (Lipinski definition) is 6. The van der Waals surface area contributed by atoms with E-state index < -0.39 is 44.1 Å². The van der Waals surface area contributed by atoms with Crippen LogP contribution in [-0.4, -0.2) is 44.6 Å². The number of aromatic nitrogens is 2. The van der Waals surface area contributed by atoms with Gasteiger partial charge in [0.15, 0.2) is 5.03 Å². The molecule has 35 heavy (non-hydrogen) atoms. The topological polar surface area (TPSA) is 87.2 Å². The van der Waals surface area contributed by atoms with E-state index in [4.69, 9.17) is 11.6 Å². The lowest BCUT2D eigenvalue weighted by Gasteiger charge is -2.28. The molecule has 0 bridgehead atoms. The number of hydrogen-bond donors (Lipinski definition) is 2. The normalized spacial score (nSPS) is 14.4. The number of nitrogens with zero attached hydrogens (tertiary/aromatic N) is 3. The van der Waals surface area contributed by atoms with Gasteiger partial charge in [-0.25, -0.2) is 14.4 Å². The standard InChI is InChI=1S/C21H18ClF4N5O2S.ClH/c22-19-13(3-1-4-15(19)23)20-14(21(24,25)26)7-8-16(28-20)30-34(32,33)18-6-2-5-17(29-18)31-11-9-27-10-12-31;/h1-8,27H,9-12H2,(H,28,30);1H. The zero-order chi connectivity index (χ0) is 24.5. The van der Waals surface area contributed by atoms with Gasteiger partial charge in [-0.15, -0.1) is 12.4 Å². The number of halogens is 6. The Hall–Kier alpha value is -2.67. The molecule has 3 aromatic rings. The summed E-state index contributed by atoms with van der Waals surface area (Å²) in [5.74, 6) is -0.885. The fourth-order valence-corrected chi connectivity index (χ4v) is 4.63. The van der Waals surface area contributed by atoms with Crippen LogP contribution in [0, 0.1) is 5.82 Å². The summed E-state index contributed by atoms with van der Waals surface area (Å²) in [6, 6.07) is 9.33. The van der Waals surface area contributed by atoms with Crippen LogP contribution in [0.3, 0.4) is 0 Å². The Labute approximate surface area is 210 Å². The molecule has 14 heteroatoms. The van der Waals surface area contributed by atoms with Crippen molar-refractivity contribution in [1.29, 1.82) is 0 Å². The highest BCUT2D eigenvalue weighted by Crippen LogP contribution is 2.39. The fraction of sp³-hybridized carbons (Fsp3) is 0.238. The van der Waals surface area contributed by atoms with Gasteiger partial charge in [0.2, 0.25) is 0 Å². The van der Waals surface area contributed by atoms with Crippen LogP contribution in [0.4, 0.5) is 29.2 Å². The molecule has 1 aliphatic heterocycles. The zero-order valence-corrected chi connectivity index (χ0v) is 20.2. The van der Waals surface area contributed by atoms with Crippen molar-refractivity contribution in [2.24, 2.45) is 0 Å². The van der Waals surface area contributed by atoms with E-state index in [-0.39, 0.29) is 23.0 Å². The predicted octanol–water partition coefficient (Wildman–Crippen LogP) is 4.59. The summed E-state index contributed by atoms with van der Waals surface area (Å²) in [7, 11) is -4.29. The lowest BCUT2D eigenvalue weighted by Crippen LogP contribution is -2.44. The minimum absolute atomic E-state index is 0. The molecule has 2 aromatic heterocycles. The van der Waals surface area contributed by atoms with Gasteiger partial charge in [-0.1, -0.05) is 29.8 Å². The summed E-state index contributed by atoms with van der Waals surface area (Å²) in [4.78, 5) is 9.94. The van der Waals surface area contributed by atoms with Gasteiger partial charge in [-0.2, -0.15) is 21.6 Å². The molecule has 0 unspecified atom stereocenters. The van der Waals surface area contributed by atoms with Crippen molar-refractivity contribution in [3.05, 3.63) is 64.9 Å². The van der Waals surface area contributed by atoms with Crippen LogP contribution in [0.2, 0.25) is 5.02 Å². The van der Waals surface area contributed by atoms with Crippen molar-refractivity contribution in [3.63, 3.8) is 0 Å². The second-order valence-corrected chi connectivity index (χ2v) is 9.38.